The summed E-state index contributed by atoms with van der Waals surface area (Å²) < 4.78 is 0. The number of nitrogens with one attached hydrogen (secondary N) is 1. The molecule has 1 aromatic rings. The minimum atomic E-state index is 0. The third-order valence-corrected chi connectivity index (χ3v) is 4.84. The standard InChI is InChI=1S/C17H24N2O2S.ClH/c1-18-10-14-6-5-9-19(11-14)17(21)13-22-12-16(20)15-7-3-2-4-8-15;/h2-4,7-8,14,18H,5-6,9-13H2,1H3;1H. The second kappa shape index (κ2) is 10.7. The Labute approximate surface area is 148 Å². The Balaban J connectivity index is 0.00000264. The summed E-state index contributed by atoms with van der Waals surface area (Å²) in [5.74, 6) is 1.56. The van der Waals surface area contributed by atoms with E-state index < -0.39 is 0 Å². The van der Waals surface area contributed by atoms with Crippen LogP contribution in [-0.2, 0) is 4.79 Å². The van der Waals surface area contributed by atoms with Gasteiger partial charge in [0.2, 0.25) is 5.91 Å². The summed E-state index contributed by atoms with van der Waals surface area (Å²) in [6, 6.07) is 9.25. The number of piperidine rings is 1. The van der Waals surface area contributed by atoms with E-state index in [1.165, 1.54) is 18.2 Å². The first kappa shape index (κ1) is 20.0. The van der Waals surface area contributed by atoms with Gasteiger partial charge in [0, 0.05) is 18.7 Å². The second-order valence-corrected chi connectivity index (χ2v) is 6.67. The zero-order valence-corrected chi connectivity index (χ0v) is 15.1. The molecule has 0 bridgehead atoms. The van der Waals surface area contributed by atoms with Crippen molar-refractivity contribution in [2.45, 2.75) is 12.8 Å². The molecule has 128 valence electrons. The number of nitrogens with zero attached hydrogens (tertiary/aromatic N) is 1. The average molecular weight is 357 g/mol. The van der Waals surface area contributed by atoms with Crippen molar-refractivity contribution in [2.75, 3.05) is 38.2 Å². The minimum Gasteiger partial charge on any atom is -0.342 e. The molecule has 1 amide bonds. The third-order valence-electron chi connectivity index (χ3n) is 3.92. The summed E-state index contributed by atoms with van der Waals surface area (Å²) >= 11 is 1.42. The van der Waals surface area contributed by atoms with Crippen LogP contribution >= 0.6 is 24.2 Å². The van der Waals surface area contributed by atoms with Gasteiger partial charge in [0.1, 0.15) is 0 Å². The molecule has 0 saturated carbocycles. The van der Waals surface area contributed by atoms with E-state index in [1.807, 2.05) is 42.3 Å². The molecule has 23 heavy (non-hydrogen) atoms. The molecule has 0 aliphatic carbocycles. The first-order chi connectivity index (χ1) is 10.7. The second-order valence-electron chi connectivity index (χ2n) is 5.69. The summed E-state index contributed by atoms with van der Waals surface area (Å²) in [5, 5.41) is 3.19. The maximum absolute atomic E-state index is 12.2. The van der Waals surface area contributed by atoms with Crippen LogP contribution in [0.1, 0.15) is 23.2 Å². The molecular weight excluding hydrogens is 332 g/mol. The smallest absolute Gasteiger partial charge is 0.232 e. The normalized spacial score (nSPS) is 17.4. The Morgan fingerprint density at radius 2 is 2.00 bits per heavy atom. The van der Waals surface area contributed by atoms with Gasteiger partial charge in [-0.1, -0.05) is 30.3 Å². The molecule has 1 aliphatic rings. The quantitative estimate of drug-likeness (QED) is 0.762. The minimum absolute atomic E-state index is 0. The Bertz CT molecular complexity index is 497. The lowest BCUT2D eigenvalue weighted by Crippen LogP contribution is -2.43. The monoisotopic (exact) mass is 356 g/mol. The number of hydrogen-bond acceptors (Lipinski definition) is 4. The van der Waals surface area contributed by atoms with Gasteiger partial charge in [-0.3, -0.25) is 9.59 Å². The van der Waals surface area contributed by atoms with Crippen LogP contribution in [0.3, 0.4) is 0 Å². The lowest BCUT2D eigenvalue weighted by molar-refractivity contribution is -0.130. The van der Waals surface area contributed by atoms with Crippen LogP contribution in [0.15, 0.2) is 30.3 Å². The van der Waals surface area contributed by atoms with Gasteiger partial charge in [0.25, 0.3) is 0 Å². The number of halogens is 1. The molecule has 1 aromatic carbocycles. The van der Waals surface area contributed by atoms with Crippen molar-refractivity contribution in [1.82, 2.24) is 10.2 Å². The number of hydrogen-bond donors (Lipinski definition) is 1. The molecule has 1 aliphatic heterocycles. The molecule has 0 radical (unpaired) electrons. The zero-order valence-electron chi connectivity index (χ0n) is 13.5. The van der Waals surface area contributed by atoms with Crippen LogP contribution in [0.5, 0.6) is 0 Å². The van der Waals surface area contributed by atoms with Gasteiger partial charge in [-0.25, -0.2) is 0 Å². The van der Waals surface area contributed by atoms with E-state index >= 15 is 0 Å². The Kier molecular flexibility index (Phi) is 9.29. The van der Waals surface area contributed by atoms with E-state index in [4.69, 9.17) is 0 Å². The fraction of sp³-hybridized carbons (Fsp3) is 0.529. The van der Waals surface area contributed by atoms with Crippen molar-refractivity contribution in [3.8, 4) is 0 Å². The number of carbonyl (C=O) groups excluding carboxylic acids is 2. The molecule has 1 fully saturated rings. The third kappa shape index (κ3) is 6.53. The molecule has 1 heterocycles. The summed E-state index contributed by atoms with van der Waals surface area (Å²) in [6.07, 6.45) is 2.26. The van der Waals surface area contributed by atoms with Gasteiger partial charge in [0.05, 0.1) is 11.5 Å². The SMILES string of the molecule is CNCC1CCCN(C(=O)CSCC(=O)c2ccccc2)C1.Cl. The predicted molar refractivity (Wildman–Crippen MR) is 98.6 cm³/mol. The Morgan fingerprint density at radius 3 is 2.70 bits per heavy atom. The number of carbonyl (C=O) groups is 2. The summed E-state index contributed by atoms with van der Waals surface area (Å²) in [6.45, 7) is 2.66. The number of ketones is 1. The highest BCUT2D eigenvalue weighted by Gasteiger charge is 2.23. The van der Waals surface area contributed by atoms with E-state index in [2.05, 4.69) is 5.32 Å². The lowest BCUT2D eigenvalue weighted by Gasteiger charge is -2.32. The van der Waals surface area contributed by atoms with Crippen LogP contribution in [0.2, 0.25) is 0 Å². The van der Waals surface area contributed by atoms with Gasteiger partial charge in [0.15, 0.2) is 5.78 Å². The fourth-order valence-electron chi connectivity index (χ4n) is 2.78. The maximum Gasteiger partial charge on any atom is 0.232 e. The van der Waals surface area contributed by atoms with Crippen molar-refractivity contribution < 1.29 is 9.59 Å². The van der Waals surface area contributed by atoms with Gasteiger partial charge in [-0.2, -0.15) is 0 Å². The van der Waals surface area contributed by atoms with Crippen LogP contribution < -0.4 is 5.32 Å². The van der Waals surface area contributed by atoms with E-state index in [0.717, 1.165) is 31.6 Å². The molecule has 6 heteroatoms. The van der Waals surface area contributed by atoms with Crippen molar-refractivity contribution in [1.29, 1.82) is 0 Å². The molecule has 2 rings (SSSR count). The molecule has 0 aromatic heterocycles. The molecule has 1 unspecified atom stereocenters. The summed E-state index contributed by atoms with van der Waals surface area (Å²) in [5.41, 5.74) is 0.717. The average Bonchev–Trinajstić information content (AvgIpc) is 2.56. The Hall–Kier alpha value is -1.04. The van der Waals surface area contributed by atoms with Crippen molar-refractivity contribution >= 4 is 35.9 Å². The van der Waals surface area contributed by atoms with Crippen LogP contribution in [0.4, 0.5) is 0 Å². The maximum atomic E-state index is 12.2. The Morgan fingerprint density at radius 1 is 1.26 bits per heavy atom. The number of likely N-dealkylation sites (tertiary alicyclic amines) is 1. The van der Waals surface area contributed by atoms with Gasteiger partial charge in [-0.15, -0.1) is 24.2 Å². The molecule has 0 spiro atoms. The topological polar surface area (TPSA) is 49.4 Å². The molecule has 1 N–H and O–H groups in total. The van der Waals surface area contributed by atoms with Crippen LogP contribution in [-0.4, -0.2) is 54.8 Å². The van der Waals surface area contributed by atoms with E-state index in [9.17, 15) is 9.59 Å². The predicted octanol–water partition coefficient (Wildman–Crippen LogP) is 2.48. The van der Waals surface area contributed by atoms with E-state index in [0.29, 0.717) is 17.4 Å². The van der Waals surface area contributed by atoms with Crippen LogP contribution in [0, 0.1) is 5.92 Å². The highest BCUT2D eigenvalue weighted by atomic mass is 35.5. The van der Waals surface area contributed by atoms with Crippen molar-refractivity contribution in [2.24, 2.45) is 5.92 Å². The number of benzene rings is 1. The van der Waals surface area contributed by atoms with Crippen molar-refractivity contribution in [3.05, 3.63) is 35.9 Å². The number of rotatable bonds is 7. The highest BCUT2D eigenvalue weighted by Crippen LogP contribution is 2.17. The number of amides is 1. The summed E-state index contributed by atoms with van der Waals surface area (Å²) in [4.78, 5) is 26.2. The largest absolute Gasteiger partial charge is 0.342 e. The van der Waals surface area contributed by atoms with Gasteiger partial charge >= 0.3 is 0 Å². The first-order valence-corrected chi connectivity index (χ1v) is 8.94. The molecular formula is C17H25ClN2O2S. The highest BCUT2D eigenvalue weighted by molar-refractivity contribution is 8.00. The number of thioether (sulfide) groups is 1. The van der Waals surface area contributed by atoms with Gasteiger partial charge in [-0.05, 0) is 32.4 Å². The fourth-order valence-corrected chi connectivity index (χ4v) is 3.59. The zero-order chi connectivity index (χ0) is 15.8. The molecule has 4 nitrogen and oxygen atoms in total. The number of Topliss-reactive ketones (excluding diaryl/α,β-unsaturated/α-hetero) is 1. The first-order valence-electron chi connectivity index (χ1n) is 7.79. The molecule has 1 saturated heterocycles. The van der Waals surface area contributed by atoms with E-state index in [-0.39, 0.29) is 24.1 Å². The molecule has 1 atom stereocenters. The van der Waals surface area contributed by atoms with Gasteiger partial charge < -0.3 is 10.2 Å². The summed E-state index contributed by atoms with van der Waals surface area (Å²) in [7, 11) is 1.95. The van der Waals surface area contributed by atoms with Crippen molar-refractivity contribution in [3.63, 3.8) is 0 Å². The van der Waals surface area contributed by atoms with Crippen LogP contribution in [0.25, 0.3) is 0 Å². The van der Waals surface area contributed by atoms with E-state index in [1.54, 1.807) is 0 Å². The lowest BCUT2D eigenvalue weighted by atomic mass is 9.98.